The molecule has 1 aliphatic rings. The van der Waals surface area contributed by atoms with E-state index in [-0.39, 0.29) is 5.41 Å². The molecule has 1 aromatic heterocycles. The fourth-order valence-electron chi connectivity index (χ4n) is 1.87. The van der Waals surface area contributed by atoms with Gasteiger partial charge in [0.05, 0.1) is 17.9 Å². The fourth-order valence-corrected chi connectivity index (χ4v) is 2.80. The lowest BCUT2D eigenvalue weighted by Crippen LogP contribution is -2.30. The number of anilines is 1. The van der Waals surface area contributed by atoms with Crippen molar-refractivity contribution in [3.63, 3.8) is 0 Å². The third-order valence-electron chi connectivity index (χ3n) is 3.07. The van der Waals surface area contributed by atoms with E-state index in [1.54, 1.807) is 11.8 Å². The summed E-state index contributed by atoms with van der Waals surface area (Å²) in [4.78, 5) is 9.10. The highest BCUT2D eigenvalue weighted by atomic mass is 32.2. The normalized spacial score (nSPS) is 20.4. The minimum Gasteiger partial charge on any atom is -0.334 e. The first kappa shape index (κ1) is 13.4. The predicted octanol–water partition coefficient (Wildman–Crippen LogP) is 3.71. The number of amidine groups is 1. The number of hydrogen-bond acceptors (Lipinski definition) is 4. The SMILES string of the molecule is Cc1ccc(NC2=NC(C(C)(C)C)CCS2)cn1. The van der Waals surface area contributed by atoms with Crippen LogP contribution in [0, 0.1) is 12.3 Å². The summed E-state index contributed by atoms with van der Waals surface area (Å²) in [6.45, 7) is 8.75. The molecule has 0 bridgehead atoms. The van der Waals surface area contributed by atoms with E-state index in [4.69, 9.17) is 4.99 Å². The average Bonchev–Trinajstić information content (AvgIpc) is 2.31. The summed E-state index contributed by atoms with van der Waals surface area (Å²) < 4.78 is 0. The van der Waals surface area contributed by atoms with Gasteiger partial charge in [-0.2, -0.15) is 0 Å². The average molecular weight is 263 g/mol. The maximum Gasteiger partial charge on any atom is 0.161 e. The van der Waals surface area contributed by atoms with Crippen LogP contribution in [0.25, 0.3) is 0 Å². The van der Waals surface area contributed by atoms with Crippen LogP contribution in [0.1, 0.15) is 32.9 Å². The highest BCUT2D eigenvalue weighted by Gasteiger charge is 2.27. The molecule has 98 valence electrons. The van der Waals surface area contributed by atoms with Crippen LogP contribution in [0.3, 0.4) is 0 Å². The van der Waals surface area contributed by atoms with Crippen LogP contribution in [0.5, 0.6) is 0 Å². The van der Waals surface area contributed by atoms with E-state index in [1.807, 2.05) is 25.3 Å². The van der Waals surface area contributed by atoms with E-state index < -0.39 is 0 Å². The summed E-state index contributed by atoms with van der Waals surface area (Å²) in [5, 5.41) is 4.38. The second kappa shape index (κ2) is 5.31. The Morgan fingerprint density at radius 2 is 2.11 bits per heavy atom. The summed E-state index contributed by atoms with van der Waals surface area (Å²) in [5.41, 5.74) is 2.28. The second-order valence-electron chi connectivity index (χ2n) is 5.77. The molecule has 1 atom stereocenters. The molecule has 0 fully saturated rings. The summed E-state index contributed by atoms with van der Waals surface area (Å²) in [6.07, 6.45) is 3.02. The molecular weight excluding hydrogens is 242 g/mol. The smallest absolute Gasteiger partial charge is 0.161 e. The van der Waals surface area contributed by atoms with Gasteiger partial charge in [0.1, 0.15) is 0 Å². The van der Waals surface area contributed by atoms with Crippen molar-refractivity contribution in [2.75, 3.05) is 11.1 Å². The van der Waals surface area contributed by atoms with Gasteiger partial charge in [-0.15, -0.1) is 0 Å². The van der Waals surface area contributed by atoms with E-state index >= 15 is 0 Å². The summed E-state index contributed by atoms with van der Waals surface area (Å²) in [6, 6.07) is 4.46. The maximum absolute atomic E-state index is 4.81. The van der Waals surface area contributed by atoms with E-state index in [0.717, 1.165) is 28.7 Å². The van der Waals surface area contributed by atoms with E-state index in [0.29, 0.717) is 6.04 Å². The molecule has 0 saturated heterocycles. The molecule has 0 aliphatic carbocycles. The number of nitrogens with one attached hydrogen (secondary N) is 1. The Bertz CT molecular complexity index is 431. The highest BCUT2D eigenvalue weighted by Crippen LogP contribution is 2.30. The predicted molar refractivity (Wildman–Crippen MR) is 80.3 cm³/mol. The van der Waals surface area contributed by atoms with Crippen molar-refractivity contribution in [2.24, 2.45) is 10.4 Å². The van der Waals surface area contributed by atoms with Gasteiger partial charge in [0.2, 0.25) is 0 Å². The number of thioether (sulfide) groups is 1. The zero-order chi connectivity index (χ0) is 13.2. The van der Waals surface area contributed by atoms with Crippen LogP contribution in [-0.2, 0) is 0 Å². The first-order valence-electron chi connectivity index (χ1n) is 6.35. The summed E-state index contributed by atoms with van der Waals surface area (Å²) in [5.74, 6) is 1.13. The van der Waals surface area contributed by atoms with Crippen LogP contribution in [-0.4, -0.2) is 21.9 Å². The first-order chi connectivity index (χ1) is 8.45. The van der Waals surface area contributed by atoms with Crippen molar-refractivity contribution in [1.29, 1.82) is 0 Å². The number of aromatic nitrogens is 1. The molecule has 0 saturated carbocycles. The molecule has 0 spiro atoms. The molecule has 1 N–H and O–H groups in total. The molecule has 2 rings (SSSR count). The Morgan fingerprint density at radius 1 is 1.33 bits per heavy atom. The van der Waals surface area contributed by atoms with E-state index in [9.17, 15) is 0 Å². The molecule has 2 heterocycles. The van der Waals surface area contributed by atoms with E-state index in [2.05, 4.69) is 31.1 Å². The van der Waals surface area contributed by atoms with Crippen molar-refractivity contribution < 1.29 is 0 Å². The van der Waals surface area contributed by atoms with Crippen molar-refractivity contribution in [2.45, 2.75) is 40.2 Å². The molecule has 0 amide bonds. The van der Waals surface area contributed by atoms with Gasteiger partial charge in [0.15, 0.2) is 5.17 Å². The van der Waals surface area contributed by atoms with Gasteiger partial charge in [-0.3, -0.25) is 9.98 Å². The third-order valence-corrected chi connectivity index (χ3v) is 3.99. The molecule has 18 heavy (non-hydrogen) atoms. The number of hydrogen-bond donors (Lipinski definition) is 1. The Balaban J connectivity index is 2.09. The second-order valence-corrected chi connectivity index (χ2v) is 6.85. The number of nitrogens with zero attached hydrogens (tertiary/aromatic N) is 2. The minimum absolute atomic E-state index is 0.236. The van der Waals surface area contributed by atoms with Gasteiger partial charge in [0.25, 0.3) is 0 Å². The molecule has 0 aromatic carbocycles. The van der Waals surface area contributed by atoms with Crippen LogP contribution >= 0.6 is 11.8 Å². The van der Waals surface area contributed by atoms with Crippen molar-refractivity contribution in [3.05, 3.63) is 24.0 Å². The van der Waals surface area contributed by atoms with Gasteiger partial charge in [0, 0.05) is 11.4 Å². The molecule has 1 aromatic rings. The topological polar surface area (TPSA) is 37.3 Å². The number of aryl methyl sites for hydroxylation is 1. The lowest BCUT2D eigenvalue weighted by Gasteiger charge is -2.31. The van der Waals surface area contributed by atoms with Crippen molar-refractivity contribution in [1.82, 2.24) is 4.98 Å². The number of aliphatic imine (C=N–C) groups is 1. The van der Waals surface area contributed by atoms with Crippen LogP contribution in [0.15, 0.2) is 23.3 Å². The number of rotatable bonds is 1. The highest BCUT2D eigenvalue weighted by molar-refractivity contribution is 8.14. The first-order valence-corrected chi connectivity index (χ1v) is 7.34. The van der Waals surface area contributed by atoms with Gasteiger partial charge < -0.3 is 5.32 Å². The largest absolute Gasteiger partial charge is 0.334 e. The lowest BCUT2D eigenvalue weighted by molar-refractivity contribution is 0.316. The monoisotopic (exact) mass is 263 g/mol. The quantitative estimate of drug-likeness (QED) is 0.839. The van der Waals surface area contributed by atoms with Crippen LogP contribution < -0.4 is 5.32 Å². The van der Waals surface area contributed by atoms with Crippen molar-refractivity contribution in [3.8, 4) is 0 Å². The molecule has 4 heteroatoms. The Labute approximate surface area is 113 Å². The van der Waals surface area contributed by atoms with Crippen molar-refractivity contribution >= 4 is 22.6 Å². The van der Waals surface area contributed by atoms with Gasteiger partial charge in [-0.1, -0.05) is 32.5 Å². The number of pyridine rings is 1. The standard InChI is InChI=1S/C14H21N3S/c1-10-5-6-11(9-15-10)16-13-17-12(7-8-18-13)14(2,3)4/h5-6,9,12H,7-8H2,1-4H3,(H,16,17). The summed E-state index contributed by atoms with van der Waals surface area (Å²) in [7, 11) is 0. The third kappa shape index (κ3) is 3.48. The Kier molecular flexibility index (Phi) is 3.95. The van der Waals surface area contributed by atoms with Crippen LogP contribution in [0.4, 0.5) is 5.69 Å². The minimum atomic E-state index is 0.236. The molecule has 0 radical (unpaired) electrons. The van der Waals surface area contributed by atoms with Gasteiger partial charge in [-0.25, -0.2) is 0 Å². The zero-order valence-corrected chi connectivity index (χ0v) is 12.3. The van der Waals surface area contributed by atoms with Gasteiger partial charge >= 0.3 is 0 Å². The Morgan fingerprint density at radius 3 is 2.72 bits per heavy atom. The zero-order valence-electron chi connectivity index (χ0n) is 11.5. The summed E-state index contributed by atoms with van der Waals surface area (Å²) >= 11 is 1.79. The molecule has 1 unspecified atom stereocenters. The fraction of sp³-hybridized carbons (Fsp3) is 0.571. The molecular formula is C14H21N3S. The van der Waals surface area contributed by atoms with Gasteiger partial charge in [-0.05, 0) is 30.9 Å². The van der Waals surface area contributed by atoms with Crippen LogP contribution in [0.2, 0.25) is 0 Å². The molecule has 3 nitrogen and oxygen atoms in total. The molecule has 1 aliphatic heterocycles. The Hall–Kier alpha value is -1.03. The maximum atomic E-state index is 4.81. The lowest BCUT2D eigenvalue weighted by atomic mass is 9.85. The van der Waals surface area contributed by atoms with E-state index in [1.165, 1.54) is 0 Å².